The van der Waals surface area contributed by atoms with Gasteiger partial charge in [-0.15, -0.1) is 0 Å². The van der Waals surface area contributed by atoms with Crippen molar-refractivity contribution in [3.8, 4) is 0 Å². The van der Waals surface area contributed by atoms with E-state index in [0.29, 0.717) is 0 Å². The van der Waals surface area contributed by atoms with Gasteiger partial charge in [-0.05, 0) is 29.0 Å². The molecular weight excluding hydrogens is 264 g/mol. The van der Waals surface area contributed by atoms with Crippen LogP contribution in [-0.2, 0) is 0 Å². The second kappa shape index (κ2) is 4.38. The van der Waals surface area contributed by atoms with Gasteiger partial charge < -0.3 is 0 Å². The van der Waals surface area contributed by atoms with E-state index in [1.54, 1.807) is 0 Å². The number of hydrogen-bond donors (Lipinski definition) is 0. The summed E-state index contributed by atoms with van der Waals surface area (Å²) in [5.74, 6) is 0.248. The highest BCUT2D eigenvalue weighted by molar-refractivity contribution is 9.10. The summed E-state index contributed by atoms with van der Waals surface area (Å²) in [6.07, 6.45) is 0. The lowest BCUT2D eigenvalue weighted by atomic mass is 9.98. The first-order valence-corrected chi connectivity index (χ1v) is 6.11. The van der Waals surface area contributed by atoms with E-state index in [4.69, 9.17) is 0 Å². The first-order chi connectivity index (χ1) is 7.58. The minimum atomic E-state index is 0.0490. The molecule has 0 N–H and O–H groups in total. The fraction of sp³-hybridized carbons (Fsp3) is 0.214. The van der Waals surface area contributed by atoms with Gasteiger partial charge in [0.05, 0.1) is 0 Å². The zero-order chi connectivity index (χ0) is 11.7. The number of Topliss-reactive ketones (excluding diaryl/α,β-unsaturated/α-hetero) is 1. The standard InChI is InChI=1S/C14H13BrO/c1-9(2)14(16)12-4-3-11-8-13(15)6-5-10(11)7-12/h3-9H,1-2H3. The van der Waals surface area contributed by atoms with E-state index in [9.17, 15) is 4.79 Å². The first kappa shape index (κ1) is 11.3. The van der Waals surface area contributed by atoms with E-state index in [-0.39, 0.29) is 11.7 Å². The molecule has 0 aliphatic carbocycles. The Kier molecular flexibility index (Phi) is 3.10. The molecule has 82 valence electrons. The summed E-state index contributed by atoms with van der Waals surface area (Å²) in [6.45, 7) is 3.85. The Morgan fingerprint density at radius 3 is 2.38 bits per heavy atom. The molecule has 0 saturated heterocycles. The molecule has 0 aromatic heterocycles. The Labute approximate surface area is 104 Å². The van der Waals surface area contributed by atoms with Gasteiger partial charge in [0.25, 0.3) is 0 Å². The van der Waals surface area contributed by atoms with Crippen LogP contribution in [0, 0.1) is 5.92 Å². The van der Waals surface area contributed by atoms with Crippen LogP contribution in [0.1, 0.15) is 24.2 Å². The van der Waals surface area contributed by atoms with Crippen molar-refractivity contribution in [3.63, 3.8) is 0 Å². The Morgan fingerprint density at radius 1 is 1.06 bits per heavy atom. The molecule has 0 aliphatic heterocycles. The van der Waals surface area contributed by atoms with Crippen LogP contribution in [-0.4, -0.2) is 5.78 Å². The van der Waals surface area contributed by atoms with E-state index in [1.165, 1.54) is 0 Å². The Hall–Kier alpha value is -1.15. The molecular formula is C14H13BrO. The molecule has 0 saturated carbocycles. The Morgan fingerprint density at radius 2 is 1.69 bits per heavy atom. The number of rotatable bonds is 2. The van der Waals surface area contributed by atoms with E-state index < -0.39 is 0 Å². The van der Waals surface area contributed by atoms with Gasteiger partial charge in [0, 0.05) is 16.0 Å². The van der Waals surface area contributed by atoms with Crippen LogP contribution in [0.3, 0.4) is 0 Å². The number of fused-ring (bicyclic) bond motifs is 1. The number of halogens is 1. The largest absolute Gasteiger partial charge is 0.294 e. The van der Waals surface area contributed by atoms with Crippen molar-refractivity contribution in [2.45, 2.75) is 13.8 Å². The summed E-state index contributed by atoms with van der Waals surface area (Å²) >= 11 is 3.44. The zero-order valence-electron chi connectivity index (χ0n) is 9.33. The normalized spacial score (nSPS) is 11.0. The summed E-state index contributed by atoms with van der Waals surface area (Å²) in [5.41, 5.74) is 0.796. The molecule has 0 radical (unpaired) electrons. The predicted octanol–water partition coefficient (Wildman–Crippen LogP) is 4.44. The van der Waals surface area contributed by atoms with Gasteiger partial charge in [0.2, 0.25) is 0 Å². The molecule has 2 rings (SSSR count). The zero-order valence-corrected chi connectivity index (χ0v) is 10.9. The molecule has 0 fully saturated rings. The highest BCUT2D eigenvalue weighted by Crippen LogP contribution is 2.22. The molecule has 2 heteroatoms. The highest BCUT2D eigenvalue weighted by Gasteiger charge is 2.10. The van der Waals surface area contributed by atoms with E-state index >= 15 is 0 Å². The fourth-order valence-corrected chi connectivity index (χ4v) is 2.08. The number of benzene rings is 2. The quantitative estimate of drug-likeness (QED) is 0.741. The van der Waals surface area contributed by atoms with Crippen LogP contribution in [0.2, 0.25) is 0 Å². The van der Waals surface area contributed by atoms with Crippen molar-refractivity contribution >= 4 is 32.5 Å². The van der Waals surface area contributed by atoms with Crippen LogP contribution in [0.25, 0.3) is 10.8 Å². The van der Waals surface area contributed by atoms with E-state index in [0.717, 1.165) is 20.8 Å². The summed E-state index contributed by atoms with van der Waals surface area (Å²) in [5, 5.41) is 2.25. The topological polar surface area (TPSA) is 17.1 Å². The second-order valence-corrected chi connectivity index (χ2v) is 5.14. The van der Waals surface area contributed by atoms with Crippen molar-refractivity contribution in [1.82, 2.24) is 0 Å². The van der Waals surface area contributed by atoms with Crippen molar-refractivity contribution in [1.29, 1.82) is 0 Å². The number of ketones is 1. The maximum absolute atomic E-state index is 11.8. The molecule has 0 spiro atoms. The minimum Gasteiger partial charge on any atom is -0.294 e. The second-order valence-electron chi connectivity index (χ2n) is 4.23. The van der Waals surface area contributed by atoms with E-state index in [1.807, 2.05) is 44.2 Å². The average Bonchev–Trinajstić information content (AvgIpc) is 2.27. The summed E-state index contributed by atoms with van der Waals surface area (Å²) in [7, 11) is 0. The Bertz CT molecular complexity index is 543. The summed E-state index contributed by atoms with van der Waals surface area (Å²) in [6, 6.07) is 11.9. The number of carbonyl (C=O) groups excluding carboxylic acids is 1. The number of carbonyl (C=O) groups is 1. The maximum Gasteiger partial charge on any atom is 0.165 e. The van der Waals surface area contributed by atoms with E-state index in [2.05, 4.69) is 22.0 Å². The SMILES string of the molecule is CC(C)C(=O)c1ccc2cc(Br)ccc2c1. The first-order valence-electron chi connectivity index (χ1n) is 5.31. The minimum absolute atomic E-state index is 0.0490. The molecule has 2 aromatic rings. The maximum atomic E-state index is 11.8. The summed E-state index contributed by atoms with van der Waals surface area (Å²) in [4.78, 5) is 11.8. The van der Waals surface area contributed by atoms with Crippen LogP contribution >= 0.6 is 15.9 Å². The van der Waals surface area contributed by atoms with Gasteiger partial charge >= 0.3 is 0 Å². The van der Waals surface area contributed by atoms with Gasteiger partial charge in [0.1, 0.15) is 0 Å². The monoisotopic (exact) mass is 276 g/mol. The molecule has 0 unspecified atom stereocenters. The molecule has 1 nitrogen and oxygen atoms in total. The molecule has 0 aliphatic rings. The third-order valence-corrected chi connectivity index (χ3v) is 3.10. The molecule has 0 atom stereocenters. The number of hydrogen-bond acceptors (Lipinski definition) is 1. The van der Waals surface area contributed by atoms with Crippen LogP contribution in [0.15, 0.2) is 40.9 Å². The molecule has 16 heavy (non-hydrogen) atoms. The van der Waals surface area contributed by atoms with Crippen molar-refractivity contribution in [2.75, 3.05) is 0 Å². The smallest absolute Gasteiger partial charge is 0.165 e. The molecule has 2 aromatic carbocycles. The van der Waals surface area contributed by atoms with Crippen LogP contribution < -0.4 is 0 Å². The van der Waals surface area contributed by atoms with Gasteiger partial charge in [-0.25, -0.2) is 0 Å². The van der Waals surface area contributed by atoms with Gasteiger partial charge in [0.15, 0.2) is 5.78 Å². The van der Waals surface area contributed by atoms with Crippen LogP contribution in [0.4, 0.5) is 0 Å². The van der Waals surface area contributed by atoms with Gasteiger partial charge in [-0.3, -0.25) is 4.79 Å². The summed E-state index contributed by atoms with van der Waals surface area (Å²) < 4.78 is 1.06. The van der Waals surface area contributed by atoms with Gasteiger partial charge in [-0.1, -0.05) is 48.0 Å². The van der Waals surface area contributed by atoms with Gasteiger partial charge in [-0.2, -0.15) is 0 Å². The average molecular weight is 277 g/mol. The molecule has 0 heterocycles. The van der Waals surface area contributed by atoms with Crippen molar-refractivity contribution in [2.24, 2.45) is 5.92 Å². The Balaban J connectivity index is 2.52. The molecule has 0 amide bonds. The third kappa shape index (κ3) is 2.17. The fourth-order valence-electron chi connectivity index (χ4n) is 1.70. The predicted molar refractivity (Wildman–Crippen MR) is 70.8 cm³/mol. The van der Waals surface area contributed by atoms with Crippen molar-refractivity contribution in [3.05, 3.63) is 46.4 Å². The van der Waals surface area contributed by atoms with Crippen molar-refractivity contribution < 1.29 is 4.79 Å². The highest BCUT2D eigenvalue weighted by atomic mass is 79.9. The lowest BCUT2D eigenvalue weighted by Crippen LogP contribution is -2.06. The van der Waals surface area contributed by atoms with Crippen LogP contribution in [0.5, 0.6) is 0 Å². The molecule has 0 bridgehead atoms. The lowest BCUT2D eigenvalue weighted by molar-refractivity contribution is 0.0939. The lowest BCUT2D eigenvalue weighted by Gasteiger charge is -2.06. The third-order valence-electron chi connectivity index (χ3n) is 2.61.